The molecule has 25 heavy (non-hydrogen) atoms. The first-order chi connectivity index (χ1) is 11.8. The van der Waals surface area contributed by atoms with Crippen LogP contribution in [0, 0.1) is 17.1 Å². The van der Waals surface area contributed by atoms with Crippen molar-refractivity contribution < 1.29 is 18.7 Å². The van der Waals surface area contributed by atoms with Crippen LogP contribution in [-0.2, 0) is 9.53 Å². The highest BCUT2D eigenvalue weighted by atomic mass is 35.5. The molecule has 8 heteroatoms. The lowest BCUT2D eigenvalue weighted by atomic mass is 10.2. The summed E-state index contributed by atoms with van der Waals surface area (Å²) in [7, 11) is 0. The zero-order valence-electron chi connectivity index (χ0n) is 12.8. The average Bonchev–Trinajstić information content (AvgIpc) is 2.58. The number of nitriles is 1. The number of carbonyl (C=O) groups excluding carboxylic acids is 2. The normalized spacial score (nSPS) is 11.3. The molecule has 0 saturated carbocycles. The quantitative estimate of drug-likeness (QED) is 0.636. The van der Waals surface area contributed by atoms with Crippen LogP contribution in [-0.4, -0.2) is 18.0 Å². The van der Waals surface area contributed by atoms with Crippen molar-refractivity contribution in [3.63, 3.8) is 0 Å². The number of halogens is 3. The molecule has 0 fully saturated rings. The number of esters is 1. The highest BCUT2D eigenvalue weighted by Crippen LogP contribution is 2.25. The number of ether oxygens (including phenoxy) is 1. The molecule has 0 bridgehead atoms. The van der Waals surface area contributed by atoms with Crippen molar-refractivity contribution in [3.8, 4) is 6.07 Å². The number of carbonyl (C=O) groups is 2. The Balaban J connectivity index is 2.10. The Morgan fingerprint density at radius 2 is 1.92 bits per heavy atom. The van der Waals surface area contributed by atoms with Gasteiger partial charge in [0, 0.05) is 0 Å². The van der Waals surface area contributed by atoms with Crippen LogP contribution < -0.4 is 5.32 Å². The van der Waals surface area contributed by atoms with Gasteiger partial charge in [0.1, 0.15) is 11.9 Å². The molecular formula is C17H11Cl2FN2O3. The molecule has 2 aromatic rings. The van der Waals surface area contributed by atoms with Crippen LogP contribution >= 0.6 is 23.2 Å². The lowest BCUT2D eigenvalue weighted by Gasteiger charge is -2.14. The molecule has 2 aromatic carbocycles. The Morgan fingerprint density at radius 3 is 2.60 bits per heavy atom. The summed E-state index contributed by atoms with van der Waals surface area (Å²) >= 11 is 11.4. The molecule has 5 nitrogen and oxygen atoms in total. The number of amides is 1. The lowest BCUT2D eigenvalue weighted by Crippen LogP contribution is -2.30. The monoisotopic (exact) mass is 380 g/mol. The average molecular weight is 381 g/mol. The van der Waals surface area contributed by atoms with Gasteiger partial charge in [-0.3, -0.25) is 4.79 Å². The largest absolute Gasteiger partial charge is 0.449 e. The van der Waals surface area contributed by atoms with Gasteiger partial charge in [-0.1, -0.05) is 35.3 Å². The van der Waals surface area contributed by atoms with Gasteiger partial charge in [-0.15, -0.1) is 0 Å². The summed E-state index contributed by atoms with van der Waals surface area (Å²) in [5, 5.41) is 11.1. The topological polar surface area (TPSA) is 79.2 Å². The predicted molar refractivity (Wildman–Crippen MR) is 91.1 cm³/mol. The van der Waals surface area contributed by atoms with Crippen LogP contribution in [0.25, 0.3) is 0 Å². The second kappa shape index (κ2) is 7.97. The van der Waals surface area contributed by atoms with Crippen LogP contribution in [0.4, 0.5) is 10.1 Å². The molecule has 0 spiro atoms. The van der Waals surface area contributed by atoms with Gasteiger partial charge in [0.15, 0.2) is 6.10 Å². The Bertz CT molecular complexity index is 881. The Morgan fingerprint density at radius 1 is 1.24 bits per heavy atom. The highest BCUT2D eigenvalue weighted by molar-refractivity contribution is 6.36. The van der Waals surface area contributed by atoms with Crippen LogP contribution in [0.15, 0.2) is 36.4 Å². The molecule has 2 rings (SSSR count). The van der Waals surface area contributed by atoms with E-state index in [-0.39, 0.29) is 26.9 Å². The molecule has 0 unspecified atom stereocenters. The number of rotatable bonds is 4. The fourth-order valence-electron chi connectivity index (χ4n) is 1.88. The van der Waals surface area contributed by atoms with Gasteiger partial charge in [-0.05, 0) is 31.2 Å². The number of para-hydroxylation sites is 1. The van der Waals surface area contributed by atoms with E-state index < -0.39 is 23.8 Å². The molecule has 0 aromatic heterocycles. The summed E-state index contributed by atoms with van der Waals surface area (Å²) in [5.74, 6) is -2.46. The number of hydrogen-bond donors (Lipinski definition) is 1. The minimum absolute atomic E-state index is 0.0983. The minimum Gasteiger partial charge on any atom is -0.449 e. The summed E-state index contributed by atoms with van der Waals surface area (Å²) in [5.41, 5.74) is 0.298. The number of nitrogens with zero attached hydrogens (tertiary/aromatic N) is 1. The lowest BCUT2D eigenvalue weighted by molar-refractivity contribution is -0.123. The number of hydrogen-bond acceptors (Lipinski definition) is 4. The van der Waals surface area contributed by atoms with Crippen molar-refractivity contribution in [2.75, 3.05) is 5.32 Å². The van der Waals surface area contributed by atoms with E-state index in [0.717, 1.165) is 12.1 Å². The van der Waals surface area contributed by atoms with Crippen molar-refractivity contribution >= 4 is 40.8 Å². The summed E-state index contributed by atoms with van der Waals surface area (Å²) in [6, 6.07) is 10.2. The highest BCUT2D eigenvalue weighted by Gasteiger charge is 2.22. The van der Waals surface area contributed by atoms with Gasteiger partial charge < -0.3 is 10.1 Å². The SMILES string of the molecule is C[C@@H](OC(=O)c1cc(F)c(Cl)cc1Cl)C(=O)Nc1ccccc1C#N. The van der Waals surface area contributed by atoms with Crippen LogP contribution in [0.2, 0.25) is 10.0 Å². The van der Waals surface area contributed by atoms with Gasteiger partial charge in [-0.2, -0.15) is 5.26 Å². The van der Waals surface area contributed by atoms with Crippen molar-refractivity contribution in [3.05, 3.63) is 63.4 Å². The van der Waals surface area contributed by atoms with Crippen molar-refractivity contribution in [2.45, 2.75) is 13.0 Å². The molecule has 128 valence electrons. The Labute approximate surface area is 152 Å². The number of benzene rings is 2. The van der Waals surface area contributed by atoms with Gasteiger partial charge in [0.25, 0.3) is 5.91 Å². The Hall–Kier alpha value is -2.62. The molecule has 1 N–H and O–H groups in total. The van der Waals surface area contributed by atoms with Crippen LogP contribution in [0.1, 0.15) is 22.8 Å². The number of nitrogens with one attached hydrogen (secondary N) is 1. The smallest absolute Gasteiger partial charge is 0.340 e. The van der Waals surface area contributed by atoms with Gasteiger partial charge in [0.2, 0.25) is 0 Å². The Kier molecular flexibility index (Phi) is 5.97. The van der Waals surface area contributed by atoms with Gasteiger partial charge >= 0.3 is 5.97 Å². The molecule has 0 heterocycles. The van der Waals surface area contributed by atoms with Crippen molar-refractivity contribution in [1.82, 2.24) is 0 Å². The maximum atomic E-state index is 13.5. The zero-order chi connectivity index (χ0) is 18.6. The van der Waals surface area contributed by atoms with E-state index in [4.69, 9.17) is 33.2 Å². The fourth-order valence-corrected chi connectivity index (χ4v) is 2.34. The van der Waals surface area contributed by atoms with E-state index in [0.29, 0.717) is 0 Å². The second-order valence-electron chi connectivity index (χ2n) is 4.94. The molecule has 0 aliphatic carbocycles. The predicted octanol–water partition coefficient (Wildman–Crippen LogP) is 4.19. The van der Waals surface area contributed by atoms with E-state index in [9.17, 15) is 14.0 Å². The summed E-state index contributed by atoms with van der Waals surface area (Å²) in [6.07, 6.45) is -1.20. The van der Waals surface area contributed by atoms with E-state index in [1.165, 1.54) is 19.1 Å². The first-order valence-electron chi connectivity index (χ1n) is 6.99. The summed E-state index contributed by atoms with van der Waals surface area (Å²) < 4.78 is 18.5. The van der Waals surface area contributed by atoms with Gasteiger partial charge in [-0.25, -0.2) is 9.18 Å². The van der Waals surface area contributed by atoms with Crippen LogP contribution in [0.3, 0.4) is 0 Å². The minimum atomic E-state index is -1.20. The second-order valence-corrected chi connectivity index (χ2v) is 5.75. The molecule has 1 atom stereocenters. The molecule has 0 aliphatic rings. The molecular weight excluding hydrogens is 370 g/mol. The standard InChI is InChI=1S/C17H11Cl2FN2O3/c1-9(16(23)22-15-5-3-2-4-10(15)8-21)25-17(24)11-6-14(20)13(19)7-12(11)18/h2-7,9H,1H3,(H,22,23)/t9-/m1/s1. The van der Waals surface area contributed by atoms with E-state index in [1.807, 2.05) is 6.07 Å². The van der Waals surface area contributed by atoms with Crippen molar-refractivity contribution in [2.24, 2.45) is 0 Å². The first kappa shape index (κ1) is 18.7. The molecule has 1 amide bonds. The third-order valence-electron chi connectivity index (χ3n) is 3.19. The van der Waals surface area contributed by atoms with E-state index in [2.05, 4.69) is 5.32 Å². The molecule has 0 saturated heterocycles. The van der Waals surface area contributed by atoms with Gasteiger partial charge in [0.05, 0.1) is 26.9 Å². The maximum absolute atomic E-state index is 13.5. The number of anilines is 1. The van der Waals surface area contributed by atoms with E-state index in [1.54, 1.807) is 12.1 Å². The summed E-state index contributed by atoms with van der Waals surface area (Å²) in [4.78, 5) is 24.2. The first-order valence-corrected chi connectivity index (χ1v) is 7.74. The van der Waals surface area contributed by atoms with Crippen molar-refractivity contribution in [1.29, 1.82) is 5.26 Å². The molecule has 0 aliphatic heterocycles. The zero-order valence-corrected chi connectivity index (χ0v) is 14.4. The molecule has 0 radical (unpaired) electrons. The third-order valence-corrected chi connectivity index (χ3v) is 3.79. The maximum Gasteiger partial charge on any atom is 0.340 e. The fraction of sp³-hybridized carbons (Fsp3) is 0.118. The van der Waals surface area contributed by atoms with Crippen LogP contribution in [0.5, 0.6) is 0 Å². The van der Waals surface area contributed by atoms with E-state index >= 15 is 0 Å². The third kappa shape index (κ3) is 4.47. The summed E-state index contributed by atoms with van der Waals surface area (Å²) in [6.45, 7) is 1.34.